The van der Waals surface area contributed by atoms with Crippen molar-refractivity contribution >= 4 is 15.9 Å². The molecule has 0 radical (unpaired) electrons. The van der Waals surface area contributed by atoms with Crippen molar-refractivity contribution in [2.75, 3.05) is 0 Å². The minimum atomic E-state index is 0.554. The van der Waals surface area contributed by atoms with Gasteiger partial charge in [-0.25, -0.2) is 0 Å². The van der Waals surface area contributed by atoms with Crippen LogP contribution < -0.4 is 5.73 Å². The highest BCUT2D eigenvalue weighted by atomic mass is 79.9. The Kier molecular flexibility index (Phi) is 3.64. The van der Waals surface area contributed by atoms with Crippen molar-refractivity contribution in [3.63, 3.8) is 0 Å². The van der Waals surface area contributed by atoms with Gasteiger partial charge in [-0.2, -0.15) is 5.10 Å². The highest BCUT2D eigenvalue weighted by Gasteiger charge is 2.09. The van der Waals surface area contributed by atoms with Crippen LogP contribution in [0.1, 0.15) is 22.5 Å². The van der Waals surface area contributed by atoms with Crippen LogP contribution in [0.4, 0.5) is 0 Å². The van der Waals surface area contributed by atoms with E-state index in [9.17, 15) is 0 Å². The highest BCUT2D eigenvalue weighted by Crippen LogP contribution is 2.15. The molecule has 1 aromatic heterocycles. The molecule has 2 aromatic rings. The first-order valence-electron chi connectivity index (χ1n) is 5.59. The van der Waals surface area contributed by atoms with Crippen LogP contribution in [0.2, 0.25) is 0 Å². The van der Waals surface area contributed by atoms with Gasteiger partial charge in [-0.15, -0.1) is 0 Å². The highest BCUT2D eigenvalue weighted by molar-refractivity contribution is 9.10. The normalized spacial score (nSPS) is 10.8. The number of hydrogen-bond donors (Lipinski definition) is 1. The molecule has 0 unspecified atom stereocenters. The lowest BCUT2D eigenvalue weighted by atomic mass is 10.2. The minimum absolute atomic E-state index is 0.554. The van der Waals surface area contributed by atoms with Crippen LogP contribution in [0.15, 0.2) is 28.7 Å². The van der Waals surface area contributed by atoms with E-state index in [1.807, 2.05) is 23.7 Å². The van der Waals surface area contributed by atoms with Crippen molar-refractivity contribution in [2.45, 2.75) is 26.9 Å². The zero-order valence-corrected chi connectivity index (χ0v) is 11.7. The molecule has 2 rings (SSSR count). The zero-order valence-electron chi connectivity index (χ0n) is 10.1. The largest absolute Gasteiger partial charge is 0.326 e. The lowest BCUT2D eigenvalue weighted by molar-refractivity contribution is 0.658. The SMILES string of the molecule is Cc1nn(Cc2ccc(Br)cc2)c(C)c1CN. The number of aromatic nitrogens is 2. The van der Waals surface area contributed by atoms with E-state index in [0.29, 0.717) is 6.54 Å². The van der Waals surface area contributed by atoms with Gasteiger partial charge in [-0.05, 0) is 31.5 Å². The molecule has 2 N–H and O–H groups in total. The number of rotatable bonds is 3. The van der Waals surface area contributed by atoms with E-state index in [2.05, 4.69) is 40.1 Å². The predicted octanol–water partition coefficient (Wildman–Crippen LogP) is 2.77. The maximum absolute atomic E-state index is 5.72. The van der Waals surface area contributed by atoms with Crippen LogP contribution in [0.25, 0.3) is 0 Å². The van der Waals surface area contributed by atoms with Gasteiger partial charge in [-0.1, -0.05) is 28.1 Å². The van der Waals surface area contributed by atoms with E-state index in [0.717, 1.165) is 28.0 Å². The summed E-state index contributed by atoms with van der Waals surface area (Å²) in [6, 6.07) is 8.29. The number of benzene rings is 1. The Morgan fingerprint density at radius 2 is 1.88 bits per heavy atom. The molecule has 0 saturated carbocycles. The Morgan fingerprint density at radius 3 is 2.41 bits per heavy atom. The second-order valence-electron chi connectivity index (χ2n) is 4.14. The van der Waals surface area contributed by atoms with Crippen molar-refractivity contribution < 1.29 is 0 Å². The molecule has 0 fully saturated rings. The molecule has 0 aliphatic carbocycles. The van der Waals surface area contributed by atoms with Crippen LogP contribution in [-0.4, -0.2) is 9.78 Å². The number of halogens is 1. The third kappa shape index (κ3) is 2.58. The summed E-state index contributed by atoms with van der Waals surface area (Å²) in [5, 5.41) is 4.52. The van der Waals surface area contributed by atoms with Crippen LogP contribution in [-0.2, 0) is 13.1 Å². The molecule has 0 aliphatic heterocycles. The molecule has 0 saturated heterocycles. The molecule has 1 aromatic carbocycles. The van der Waals surface area contributed by atoms with Gasteiger partial charge in [0.1, 0.15) is 0 Å². The summed E-state index contributed by atoms with van der Waals surface area (Å²) in [6.45, 7) is 5.42. The Morgan fingerprint density at radius 1 is 1.24 bits per heavy atom. The van der Waals surface area contributed by atoms with E-state index in [4.69, 9.17) is 5.73 Å². The number of aryl methyl sites for hydroxylation is 1. The molecule has 0 atom stereocenters. The van der Waals surface area contributed by atoms with E-state index in [1.165, 1.54) is 5.56 Å². The summed E-state index contributed by atoms with van der Waals surface area (Å²) in [6.07, 6.45) is 0. The van der Waals surface area contributed by atoms with Gasteiger partial charge < -0.3 is 5.73 Å². The smallest absolute Gasteiger partial charge is 0.0662 e. The molecule has 90 valence electrons. The number of nitrogens with zero attached hydrogens (tertiary/aromatic N) is 2. The summed E-state index contributed by atoms with van der Waals surface area (Å²) in [5.41, 5.74) is 10.3. The Hall–Kier alpha value is -1.13. The summed E-state index contributed by atoms with van der Waals surface area (Å²) >= 11 is 3.43. The average molecular weight is 294 g/mol. The lowest BCUT2D eigenvalue weighted by Crippen LogP contribution is -2.05. The Labute approximate surface area is 110 Å². The fourth-order valence-corrected chi connectivity index (χ4v) is 2.21. The summed E-state index contributed by atoms with van der Waals surface area (Å²) < 4.78 is 3.11. The van der Waals surface area contributed by atoms with Gasteiger partial charge in [0.25, 0.3) is 0 Å². The van der Waals surface area contributed by atoms with Crippen molar-refractivity contribution in [1.29, 1.82) is 0 Å². The quantitative estimate of drug-likeness (QED) is 0.946. The van der Waals surface area contributed by atoms with E-state index in [1.54, 1.807) is 0 Å². The van der Waals surface area contributed by atoms with Crippen LogP contribution in [0.5, 0.6) is 0 Å². The maximum atomic E-state index is 5.72. The third-order valence-corrected chi connectivity index (χ3v) is 3.51. The van der Waals surface area contributed by atoms with Gasteiger partial charge in [0.05, 0.1) is 12.2 Å². The Bertz CT molecular complexity index is 514. The van der Waals surface area contributed by atoms with Gasteiger partial charge in [0.15, 0.2) is 0 Å². The molecule has 0 aliphatic rings. The maximum Gasteiger partial charge on any atom is 0.0662 e. The van der Waals surface area contributed by atoms with Gasteiger partial charge >= 0.3 is 0 Å². The molecular formula is C13H16BrN3. The zero-order chi connectivity index (χ0) is 12.4. The third-order valence-electron chi connectivity index (χ3n) is 2.98. The number of nitrogens with two attached hydrogens (primary N) is 1. The lowest BCUT2D eigenvalue weighted by Gasteiger charge is -2.05. The van der Waals surface area contributed by atoms with Crippen molar-refractivity contribution in [1.82, 2.24) is 9.78 Å². The monoisotopic (exact) mass is 293 g/mol. The van der Waals surface area contributed by atoms with E-state index < -0.39 is 0 Å². The number of hydrogen-bond acceptors (Lipinski definition) is 2. The van der Waals surface area contributed by atoms with Crippen LogP contribution >= 0.6 is 15.9 Å². The van der Waals surface area contributed by atoms with Crippen molar-refractivity contribution in [3.8, 4) is 0 Å². The molecular weight excluding hydrogens is 278 g/mol. The fourth-order valence-electron chi connectivity index (χ4n) is 1.95. The molecule has 1 heterocycles. The first-order valence-corrected chi connectivity index (χ1v) is 6.38. The molecule has 3 nitrogen and oxygen atoms in total. The molecule has 17 heavy (non-hydrogen) atoms. The fraction of sp³-hybridized carbons (Fsp3) is 0.308. The Balaban J connectivity index is 2.27. The topological polar surface area (TPSA) is 43.8 Å². The second kappa shape index (κ2) is 5.02. The van der Waals surface area contributed by atoms with Gasteiger partial charge in [0, 0.05) is 22.3 Å². The standard InChI is InChI=1S/C13H16BrN3/c1-9-13(7-15)10(2)17(16-9)8-11-3-5-12(14)6-4-11/h3-6H,7-8,15H2,1-2H3. The van der Waals surface area contributed by atoms with Crippen molar-refractivity contribution in [2.24, 2.45) is 5.73 Å². The molecule has 0 amide bonds. The molecule has 0 spiro atoms. The summed E-state index contributed by atoms with van der Waals surface area (Å²) in [7, 11) is 0. The first kappa shape index (κ1) is 12.3. The van der Waals surface area contributed by atoms with Crippen LogP contribution in [0.3, 0.4) is 0 Å². The second-order valence-corrected chi connectivity index (χ2v) is 5.05. The predicted molar refractivity (Wildman–Crippen MR) is 72.8 cm³/mol. The van der Waals surface area contributed by atoms with Gasteiger partial charge in [-0.3, -0.25) is 4.68 Å². The summed E-state index contributed by atoms with van der Waals surface area (Å²) in [4.78, 5) is 0. The van der Waals surface area contributed by atoms with E-state index in [-0.39, 0.29) is 0 Å². The average Bonchev–Trinajstić information content (AvgIpc) is 2.57. The summed E-state index contributed by atoms with van der Waals surface area (Å²) in [5.74, 6) is 0. The minimum Gasteiger partial charge on any atom is -0.326 e. The van der Waals surface area contributed by atoms with Gasteiger partial charge in [0.2, 0.25) is 0 Å². The van der Waals surface area contributed by atoms with E-state index >= 15 is 0 Å². The van der Waals surface area contributed by atoms with Crippen LogP contribution in [0, 0.1) is 13.8 Å². The molecule has 4 heteroatoms. The first-order chi connectivity index (χ1) is 8.11. The van der Waals surface area contributed by atoms with Crippen molar-refractivity contribution in [3.05, 3.63) is 51.3 Å². The molecule has 0 bridgehead atoms.